The van der Waals surface area contributed by atoms with E-state index in [1.165, 1.54) is 18.0 Å². The monoisotopic (exact) mass is 565 g/mol. The van der Waals surface area contributed by atoms with Crippen LogP contribution in [0.4, 0.5) is 16.4 Å². The van der Waals surface area contributed by atoms with Gasteiger partial charge in [-0.15, -0.1) is 0 Å². The largest absolute Gasteiger partial charge is 0.445 e. The van der Waals surface area contributed by atoms with Gasteiger partial charge in [0.25, 0.3) is 5.56 Å². The summed E-state index contributed by atoms with van der Waals surface area (Å²) in [6.45, 7) is 4.72. The molecule has 1 unspecified atom stereocenters. The normalized spacial score (nSPS) is 17.3. The summed E-state index contributed by atoms with van der Waals surface area (Å²) in [6.07, 6.45) is 4.96. The van der Waals surface area contributed by atoms with Crippen molar-refractivity contribution in [1.82, 2.24) is 24.4 Å². The third-order valence-corrected chi connectivity index (χ3v) is 8.13. The number of nitrogens with zero attached hydrogens (tertiary/aromatic N) is 7. The molecule has 0 radical (unpaired) electrons. The molecule has 2 saturated heterocycles. The van der Waals surface area contributed by atoms with Crippen LogP contribution in [0, 0.1) is 0 Å². The molecule has 4 heterocycles. The van der Waals surface area contributed by atoms with Crippen molar-refractivity contribution < 1.29 is 9.53 Å². The average molecular weight is 566 g/mol. The molecule has 42 heavy (non-hydrogen) atoms. The van der Waals surface area contributed by atoms with E-state index in [1.807, 2.05) is 30.3 Å². The van der Waals surface area contributed by atoms with Crippen molar-refractivity contribution in [1.29, 1.82) is 0 Å². The number of rotatable bonds is 6. The van der Waals surface area contributed by atoms with Crippen LogP contribution in [0.3, 0.4) is 0 Å². The summed E-state index contributed by atoms with van der Waals surface area (Å²) in [4.78, 5) is 44.7. The maximum Gasteiger partial charge on any atom is 0.410 e. The number of piperazine rings is 1. The van der Waals surface area contributed by atoms with Gasteiger partial charge in [-0.2, -0.15) is 0 Å². The molecule has 1 atom stereocenters. The first-order chi connectivity index (χ1) is 20.5. The van der Waals surface area contributed by atoms with E-state index in [-0.39, 0.29) is 11.7 Å². The van der Waals surface area contributed by atoms with Gasteiger partial charge in [-0.1, -0.05) is 42.5 Å². The average Bonchev–Trinajstić information content (AvgIpc) is 3.06. The highest BCUT2D eigenvalue weighted by Gasteiger charge is 2.26. The van der Waals surface area contributed by atoms with Crippen LogP contribution in [0.25, 0.3) is 11.4 Å². The van der Waals surface area contributed by atoms with Gasteiger partial charge >= 0.3 is 6.09 Å². The Morgan fingerprint density at radius 2 is 1.71 bits per heavy atom. The van der Waals surface area contributed by atoms with E-state index in [0.717, 1.165) is 50.3 Å². The van der Waals surface area contributed by atoms with Crippen molar-refractivity contribution in [2.45, 2.75) is 25.4 Å². The molecule has 10 heteroatoms. The van der Waals surface area contributed by atoms with Crippen molar-refractivity contribution in [3.63, 3.8) is 0 Å². The lowest BCUT2D eigenvalue weighted by Crippen LogP contribution is -2.48. The number of benzene rings is 2. The van der Waals surface area contributed by atoms with Gasteiger partial charge in [0.15, 0.2) is 0 Å². The first-order valence-electron chi connectivity index (χ1n) is 14.4. The van der Waals surface area contributed by atoms with Crippen molar-refractivity contribution in [3.05, 3.63) is 101 Å². The van der Waals surface area contributed by atoms with Crippen LogP contribution in [-0.2, 0) is 18.4 Å². The van der Waals surface area contributed by atoms with Gasteiger partial charge in [-0.25, -0.2) is 19.7 Å². The van der Waals surface area contributed by atoms with Crippen LogP contribution in [0.2, 0.25) is 0 Å². The van der Waals surface area contributed by atoms with Crippen LogP contribution in [-0.4, -0.2) is 69.8 Å². The fourth-order valence-corrected chi connectivity index (χ4v) is 5.73. The zero-order valence-electron chi connectivity index (χ0n) is 23.8. The van der Waals surface area contributed by atoms with Gasteiger partial charge in [-0.05, 0) is 42.2 Å². The number of carbonyl (C=O) groups excluding carboxylic acids is 1. The SMILES string of the molecule is Cn1c(N2CCCC(c3ccc(N4CCN(C(=O)OCc5ccccc5)CC4)cc3)C2)nc(-c2ccncn2)cc1=O. The standard InChI is InChI=1S/C32H35N7O3/c1-36-30(40)20-29(28-13-14-33-23-34-28)35-31(36)39-15-5-8-26(21-39)25-9-11-27(12-10-25)37-16-18-38(19-17-37)32(41)42-22-24-6-3-2-4-7-24/h2-4,6-7,9-14,20,23,26H,5,8,15-19,21-22H2,1H3. The zero-order chi connectivity index (χ0) is 28.9. The Hall–Kier alpha value is -4.73. The summed E-state index contributed by atoms with van der Waals surface area (Å²) >= 11 is 0. The van der Waals surface area contributed by atoms with Gasteiger partial charge < -0.3 is 19.4 Å². The first kappa shape index (κ1) is 27.4. The lowest BCUT2D eigenvalue weighted by atomic mass is 9.90. The fraction of sp³-hybridized carbons (Fsp3) is 0.344. The summed E-state index contributed by atoms with van der Waals surface area (Å²) in [6, 6.07) is 21.8. The quantitative estimate of drug-likeness (QED) is 0.345. The van der Waals surface area contributed by atoms with E-state index in [1.54, 1.807) is 28.8 Å². The third-order valence-electron chi connectivity index (χ3n) is 8.13. The fourth-order valence-electron chi connectivity index (χ4n) is 5.73. The Morgan fingerprint density at radius 3 is 2.45 bits per heavy atom. The summed E-state index contributed by atoms with van der Waals surface area (Å²) < 4.78 is 7.13. The maximum absolute atomic E-state index is 12.8. The van der Waals surface area contributed by atoms with Crippen molar-refractivity contribution >= 4 is 17.7 Å². The number of ether oxygens (including phenoxy) is 1. The molecule has 0 N–H and O–H groups in total. The van der Waals surface area contributed by atoms with Crippen LogP contribution in [0.15, 0.2) is 84.0 Å². The van der Waals surface area contributed by atoms with E-state index in [4.69, 9.17) is 9.72 Å². The summed E-state index contributed by atoms with van der Waals surface area (Å²) in [5, 5.41) is 0. The summed E-state index contributed by atoms with van der Waals surface area (Å²) in [5.74, 6) is 1.00. The first-order valence-corrected chi connectivity index (χ1v) is 14.4. The summed E-state index contributed by atoms with van der Waals surface area (Å²) in [7, 11) is 1.77. The van der Waals surface area contributed by atoms with Crippen LogP contribution in [0.5, 0.6) is 0 Å². The number of hydrogen-bond acceptors (Lipinski definition) is 8. The van der Waals surface area contributed by atoms with Gasteiger partial charge in [0.2, 0.25) is 5.95 Å². The maximum atomic E-state index is 12.8. The second-order valence-electron chi connectivity index (χ2n) is 10.8. The molecule has 1 amide bonds. The van der Waals surface area contributed by atoms with E-state index in [9.17, 15) is 9.59 Å². The summed E-state index contributed by atoms with van der Waals surface area (Å²) in [5.41, 5.74) is 4.52. The van der Waals surface area contributed by atoms with E-state index >= 15 is 0 Å². The number of amides is 1. The molecule has 10 nitrogen and oxygen atoms in total. The molecule has 2 aromatic carbocycles. The number of carbonyl (C=O) groups is 1. The minimum absolute atomic E-state index is 0.107. The van der Waals surface area contributed by atoms with Crippen LogP contribution in [0.1, 0.15) is 29.9 Å². The number of anilines is 2. The Balaban J connectivity index is 1.07. The molecule has 4 aromatic rings. The lowest BCUT2D eigenvalue weighted by Gasteiger charge is -2.36. The smallest absolute Gasteiger partial charge is 0.410 e. The molecule has 0 spiro atoms. The zero-order valence-corrected chi connectivity index (χ0v) is 23.8. The molecule has 0 saturated carbocycles. The van der Waals surface area contributed by atoms with Crippen molar-refractivity contribution in [2.75, 3.05) is 49.1 Å². The highest BCUT2D eigenvalue weighted by atomic mass is 16.6. The number of piperidine rings is 1. The lowest BCUT2D eigenvalue weighted by molar-refractivity contribution is 0.0942. The predicted molar refractivity (Wildman–Crippen MR) is 162 cm³/mol. The number of hydrogen-bond donors (Lipinski definition) is 0. The molecule has 2 aromatic heterocycles. The molecular weight excluding hydrogens is 530 g/mol. The van der Waals surface area contributed by atoms with Crippen LogP contribution >= 0.6 is 0 Å². The van der Waals surface area contributed by atoms with E-state index in [0.29, 0.717) is 43.0 Å². The Bertz CT molecular complexity index is 1550. The Morgan fingerprint density at radius 1 is 0.929 bits per heavy atom. The Kier molecular flexibility index (Phi) is 8.12. The van der Waals surface area contributed by atoms with E-state index in [2.05, 4.69) is 44.0 Å². The molecule has 2 aliphatic rings. The minimum Gasteiger partial charge on any atom is -0.445 e. The van der Waals surface area contributed by atoms with Gasteiger partial charge in [-0.3, -0.25) is 9.36 Å². The van der Waals surface area contributed by atoms with Gasteiger partial charge in [0.1, 0.15) is 12.9 Å². The molecular formula is C32H35N7O3. The highest BCUT2D eigenvalue weighted by molar-refractivity contribution is 5.68. The van der Waals surface area contributed by atoms with E-state index < -0.39 is 0 Å². The topological polar surface area (TPSA) is 96.7 Å². The van der Waals surface area contributed by atoms with Crippen molar-refractivity contribution in [3.8, 4) is 11.4 Å². The van der Waals surface area contributed by atoms with Crippen molar-refractivity contribution in [2.24, 2.45) is 7.05 Å². The molecule has 216 valence electrons. The van der Waals surface area contributed by atoms with Gasteiger partial charge in [0, 0.05) is 70.2 Å². The third kappa shape index (κ3) is 6.12. The molecule has 6 rings (SSSR count). The molecule has 2 fully saturated rings. The second kappa shape index (κ2) is 12.4. The minimum atomic E-state index is -0.259. The predicted octanol–water partition coefficient (Wildman–Crippen LogP) is 4.08. The van der Waals surface area contributed by atoms with Crippen LogP contribution < -0.4 is 15.4 Å². The molecule has 0 bridgehead atoms. The Labute approximate surface area is 245 Å². The van der Waals surface area contributed by atoms with Gasteiger partial charge in [0.05, 0.1) is 11.4 Å². The second-order valence-corrected chi connectivity index (χ2v) is 10.8. The molecule has 0 aliphatic carbocycles. The number of aromatic nitrogens is 4. The highest BCUT2D eigenvalue weighted by Crippen LogP contribution is 2.31. The molecule has 2 aliphatic heterocycles.